The molecule has 184 valence electrons. The number of anilines is 2. The Balaban J connectivity index is 1.79. The maximum absolute atomic E-state index is 13.5. The number of urea groups is 1. The highest BCUT2D eigenvalue weighted by Crippen LogP contribution is 2.27. The van der Waals surface area contributed by atoms with E-state index in [9.17, 15) is 9.59 Å². The lowest BCUT2D eigenvalue weighted by molar-refractivity contribution is -0.111. The van der Waals surface area contributed by atoms with Gasteiger partial charge in [0.25, 0.3) is 0 Å². The molecular weight excluding hydrogens is 483 g/mol. The number of terminal acetylenes is 1. The number of nitrogens with zero attached hydrogens (tertiary/aromatic N) is 2. The van der Waals surface area contributed by atoms with E-state index in [0.717, 1.165) is 50.9 Å². The third-order valence-electron chi connectivity index (χ3n) is 6.03. The number of likely N-dealkylation sites (tertiary alicyclic amines) is 1. The zero-order valence-corrected chi connectivity index (χ0v) is 21.1. The first kappa shape index (κ1) is 26.6. The minimum absolute atomic E-state index is 0.0322. The molecule has 3 amide bonds. The number of hydrogen-bond donors (Lipinski definition) is 2. The lowest BCUT2D eigenvalue weighted by Crippen LogP contribution is -2.48. The molecule has 2 aromatic carbocycles. The SMILES string of the molecule is C#CCCCN1CCC(N(Cc2ccccc2NC(=O)C=C)C(=O)Nc2ccc(Cl)c(Cl)c2)CC1. The summed E-state index contributed by atoms with van der Waals surface area (Å²) in [5.74, 6) is 2.39. The highest BCUT2D eigenvalue weighted by Gasteiger charge is 2.29. The van der Waals surface area contributed by atoms with Crippen LogP contribution in [0, 0.1) is 12.3 Å². The van der Waals surface area contributed by atoms with Crippen LogP contribution in [0.5, 0.6) is 0 Å². The van der Waals surface area contributed by atoms with Gasteiger partial charge in [-0.15, -0.1) is 12.3 Å². The molecule has 1 saturated heterocycles. The molecule has 0 aromatic heterocycles. The number of carbonyl (C=O) groups is 2. The van der Waals surface area contributed by atoms with Crippen LogP contribution >= 0.6 is 23.2 Å². The van der Waals surface area contributed by atoms with E-state index in [2.05, 4.69) is 28.0 Å². The monoisotopic (exact) mass is 512 g/mol. The third kappa shape index (κ3) is 7.76. The van der Waals surface area contributed by atoms with Crippen molar-refractivity contribution in [3.63, 3.8) is 0 Å². The largest absolute Gasteiger partial charge is 0.322 e. The van der Waals surface area contributed by atoms with Gasteiger partial charge in [0.2, 0.25) is 5.91 Å². The molecule has 1 heterocycles. The van der Waals surface area contributed by atoms with Gasteiger partial charge in [-0.05, 0) is 61.7 Å². The molecule has 2 aromatic rings. The van der Waals surface area contributed by atoms with E-state index in [-0.39, 0.29) is 18.0 Å². The van der Waals surface area contributed by atoms with Crippen molar-refractivity contribution in [1.82, 2.24) is 9.80 Å². The van der Waals surface area contributed by atoms with Crippen LogP contribution in [0.15, 0.2) is 55.1 Å². The second-order valence-corrected chi connectivity index (χ2v) is 9.23. The summed E-state index contributed by atoms with van der Waals surface area (Å²) in [4.78, 5) is 29.7. The van der Waals surface area contributed by atoms with Crippen molar-refractivity contribution in [2.24, 2.45) is 0 Å². The van der Waals surface area contributed by atoms with Gasteiger partial charge in [-0.1, -0.05) is 48.0 Å². The lowest BCUT2D eigenvalue weighted by Gasteiger charge is -2.39. The summed E-state index contributed by atoms with van der Waals surface area (Å²) in [5.41, 5.74) is 2.05. The van der Waals surface area contributed by atoms with Gasteiger partial charge >= 0.3 is 6.03 Å². The fraction of sp³-hybridized carbons (Fsp3) is 0.333. The molecule has 0 bridgehead atoms. The summed E-state index contributed by atoms with van der Waals surface area (Å²) < 4.78 is 0. The van der Waals surface area contributed by atoms with Crippen molar-refractivity contribution in [2.45, 2.75) is 38.3 Å². The molecule has 1 fully saturated rings. The van der Waals surface area contributed by atoms with Gasteiger partial charge in [0.15, 0.2) is 0 Å². The molecule has 0 unspecified atom stereocenters. The Labute approximate surface area is 217 Å². The van der Waals surface area contributed by atoms with Gasteiger partial charge in [-0.25, -0.2) is 4.79 Å². The van der Waals surface area contributed by atoms with Gasteiger partial charge in [0, 0.05) is 43.5 Å². The number of nitrogens with one attached hydrogen (secondary N) is 2. The highest BCUT2D eigenvalue weighted by molar-refractivity contribution is 6.42. The molecule has 1 aliphatic heterocycles. The molecule has 35 heavy (non-hydrogen) atoms. The number of hydrogen-bond acceptors (Lipinski definition) is 3. The Bertz CT molecular complexity index is 1090. The number of unbranched alkanes of at least 4 members (excludes halogenated alkanes) is 1. The molecule has 8 heteroatoms. The molecule has 0 saturated carbocycles. The lowest BCUT2D eigenvalue weighted by atomic mass is 10.0. The minimum atomic E-state index is -0.301. The quantitative estimate of drug-likeness (QED) is 0.245. The summed E-state index contributed by atoms with van der Waals surface area (Å²) in [6.07, 6.45) is 10.0. The summed E-state index contributed by atoms with van der Waals surface area (Å²) >= 11 is 12.2. The number of piperidine rings is 1. The number of para-hydroxylation sites is 1. The van der Waals surface area contributed by atoms with Crippen LogP contribution in [-0.4, -0.2) is 47.4 Å². The van der Waals surface area contributed by atoms with Gasteiger partial charge in [-0.2, -0.15) is 0 Å². The molecule has 3 rings (SSSR count). The smallest absolute Gasteiger partial charge is 0.322 e. The average molecular weight is 513 g/mol. The predicted molar refractivity (Wildman–Crippen MR) is 144 cm³/mol. The van der Waals surface area contributed by atoms with Crippen molar-refractivity contribution in [3.8, 4) is 12.3 Å². The Hall–Kier alpha value is -2.98. The molecule has 0 atom stereocenters. The van der Waals surface area contributed by atoms with Gasteiger partial charge in [0.05, 0.1) is 10.0 Å². The fourth-order valence-electron chi connectivity index (χ4n) is 4.14. The van der Waals surface area contributed by atoms with E-state index in [1.165, 1.54) is 6.08 Å². The van der Waals surface area contributed by atoms with Crippen molar-refractivity contribution in [2.75, 3.05) is 30.3 Å². The van der Waals surface area contributed by atoms with Crippen molar-refractivity contribution in [1.29, 1.82) is 0 Å². The zero-order chi connectivity index (χ0) is 25.2. The van der Waals surface area contributed by atoms with Crippen molar-refractivity contribution < 1.29 is 9.59 Å². The standard InChI is InChI=1S/C27H30Cl2N4O2/c1-3-5-8-15-32-16-13-22(14-17-32)33(27(35)30-21-11-12-23(28)24(29)18-21)19-20-9-6-7-10-25(20)31-26(34)4-2/h1,4,6-7,9-12,18,22H,2,5,8,13-17,19H2,(H,30,35)(H,31,34). The minimum Gasteiger partial charge on any atom is -0.322 e. The van der Waals surface area contributed by atoms with E-state index in [1.54, 1.807) is 18.2 Å². The summed E-state index contributed by atoms with van der Waals surface area (Å²) in [5, 5.41) is 6.58. The Morgan fingerprint density at radius 1 is 1.14 bits per heavy atom. The molecule has 6 nitrogen and oxygen atoms in total. The summed E-state index contributed by atoms with van der Waals surface area (Å²) in [6, 6.07) is 12.3. The molecule has 0 aliphatic carbocycles. The van der Waals surface area contributed by atoms with Crippen LogP contribution in [0.25, 0.3) is 0 Å². The Kier molecular flexibility index (Phi) is 10.0. The summed E-state index contributed by atoms with van der Waals surface area (Å²) in [7, 11) is 0. The first-order valence-corrected chi connectivity index (χ1v) is 12.4. The zero-order valence-electron chi connectivity index (χ0n) is 19.6. The number of carbonyl (C=O) groups excluding carboxylic acids is 2. The van der Waals surface area contributed by atoms with Crippen LogP contribution in [0.1, 0.15) is 31.2 Å². The molecular formula is C27H30Cl2N4O2. The van der Waals surface area contributed by atoms with Crippen LogP contribution in [0.3, 0.4) is 0 Å². The second-order valence-electron chi connectivity index (χ2n) is 8.42. The normalized spacial score (nSPS) is 14.1. The predicted octanol–water partition coefficient (Wildman–Crippen LogP) is 6.03. The first-order chi connectivity index (χ1) is 16.9. The molecule has 0 spiro atoms. The fourth-order valence-corrected chi connectivity index (χ4v) is 4.44. The highest BCUT2D eigenvalue weighted by atomic mass is 35.5. The van der Waals surface area contributed by atoms with Crippen molar-refractivity contribution >= 4 is 46.5 Å². The first-order valence-electron chi connectivity index (χ1n) is 11.6. The topological polar surface area (TPSA) is 64.7 Å². The average Bonchev–Trinajstić information content (AvgIpc) is 2.86. The molecule has 2 N–H and O–H groups in total. The Morgan fingerprint density at radius 2 is 1.89 bits per heavy atom. The van der Waals surface area contributed by atoms with Crippen LogP contribution in [-0.2, 0) is 11.3 Å². The number of amides is 3. The number of halogens is 2. The van der Waals surface area contributed by atoms with Gasteiger partial charge < -0.3 is 20.4 Å². The van der Waals surface area contributed by atoms with E-state index in [4.69, 9.17) is 29.6 Å². The number of benzene rings is 2. The molecule has 0 radical (unpaired) electrons. The maximum Gasteiger partial charge on any atom is 0.322 e. The number of rotatable bonds is 9. The van der Waals surface area contributed by atoms with E-state index in [0.29, 0.717) is 28.0 Å². The van der Waals surface area contributed by atoms with Gasteiger partial charge in [0.1, 0.15) is 0 Å². The third-order valence-corrected chi connectivity index (χ3v) is 6.77. The Morgan fingerprint density at radius 3 is 2.57 bits per heavy atom. The van der Waals surface area contributed by atoms with Crippen LogP contribution < -0.4 is 10.6 Å². The van der Waals surface area contributed by atoms with E-state index >= 15 is 0 Å². The van der Waals surface area contributed by atoms with Crippen LogP contribution in [0.4, 0.5) is 16.2 Å². The maximum atomic E-state index is 13.5. The van der Waals surface area contributed by atoms with E-state index in [1.807, 2.05) is 29.2 Å². The van der Waals surface area contributed by atoms with E-state index < -0.39 is 0 Å². The molecule has 1 aliphatic rings. The van der Waals surface area contributed by atoms with Gasteiger partial charge in [-0.3, -0.25) is 4.79 Å². The second kappa shape index (κ2) is 13.2. The van der Waals surface area contributed by atoms with Crippen molar-refractivity contribution in [3.05, 3.63) is 70.7 Å². The van der Waals surface area contributed by atoms with Crippen LogP contribution in [0.2, 0.25) is 10.0 Å². The summed E-state index contributed by atoms with van der Waals surface area (Å²) in [6.45, 7) is 6.60.